The van der Waals surface area contributed by atoms with Crippen LogP contribution in [0.5, 0.6) is 11.5 Å². The van der Waals surface area contributed by atoms with Gasteiger partial charge in [-0.3, -0.25) is 4.79 Å². The van der Waals surface area contributed by atoms with E-state index >= 15 is 0 Å². The maximum atomic E-state index is 13.3. The van der Waals surface area contributed by atoms with E-state index in [9.17, 15) is 9.59 Å². The van der Waals surface area contributed by atoms with Crippen LogP contribution in [-0.2, 0) is 4.79 Å². The second-order valence-electron chi connectivity index (χ2n) is 6.93. The largest absolute Gasteiger partial charge is 0.493 e. The zero-order valence-corrected chi connectivity index (χ0v) is 17.2. The van der Waals surface area contributed by atoms with Crippen LogP contribution < -0.4 is 25.4 Å². The van der Waals surface area contributed by atoms with Crippen LogP contribution in [0.4, 0.5) is 10.5 Å². The third-order valence-electron chi connectivity index (χ3n) is 4.90. The number of hydrogen-bond donors (Lipinski definition) is 3. The van der Waals surface area contributed by atoms with Crippen molar-refractivity contribution < 1.29 is 19.1 Å². The predicted molar refractivity (Wildman–Crippen MR) is 111 cm³/mol. The summed E-state index contributed by atoms with van der Waals surface area (Å²) in [5.41, 5.74) is 4.22. The molecule has 0 saturated heterocycles. The Morgan fingerprint density at radius 3 is 2.52 bits per heavy atom. The number of carbonyl (C=O) groups is 2. The second kappa shape index (κ2) is 8.26. The SMILES string of the molecule is COc1cccc(C2NC(=O)NC(C)=C2C(=O)Nc2cc(C)ccc2C)c1OC. The highest BCUT2D eigenvalue weighted by Crippen LogP contribution is 2.39. The number of allylic oxidation sites excluding steroid dienone is 1. The summed E-state index contributed by atoms with van der Waals surface area (Å²) in [4.78, 5) is 25.4. The van der Waals surface area contributed by atoms with Gasteiger partial charge in [-0.15, -0.1) is 0 Å². The first kappa shape index (κ1) is 20.3. The van der Waals surface area contributed by atoms with Crippen molar-refractivity contribution in [3.63, 3.8) is 0 Å². The van der Waals surface area contributed by atoms with Crippen LogP contribution in [0, 0.1) is 13.8 Å². The molecule has 1 aliphatic heterocycles. The minimum atomic E-state index is -0.695. The Balaban J connectivity index is 2.05. The van der Waals surface area contributed by atoms with Gasteiger partial charge in [-0.05, 0) is 44.0 Å². The monoisotopic (exact) mass is 395 g/mol. The number of carbonyl (C=O) groups excluding carboxylic acids is 2. The Morgan fingerprint density at radius 2 is 1.83 bits per heavy atom. The van der Waals surface area contributed by atoms with E-state index in [0.29, 0.717) is 28.3 Å². The van der Waals surface area contributed by atoms with Crippen LogP contribution in [0.2, 0.25) is 0 Å². The highest BCUT2D eigenvalue weighted by Gasteiger charge is 2.34. The molecule has 2 aromatic carbocycles. The number of aryl methyl sites for hydroxylation is 2. The first-order valence-electron chi connectivity index (χ1n) is 9.23. The van der Waals surface area contributed by atoms with E-state index in [1.54, 1.807) is 25.1 Å². The number of rotatable bonds is 5. The number of hydrogen-bond acceptors (Lipinski definition) is 4. The summed E-state index contributed by atoms with van der Waals surface area (Å²) < 4.78 is 10.9. The van der Waals surface area contributed by atoms with Crippen LogP contribution in [0.1, 0.15) is 29.7 Å². The van der Waals surface area contributed by atoms with Crippen molar-refractivity contribution in [2.24, 2.45) is 0 Å². The van der Waals surface area contributed by atoms with Gasteiger partial charge in [0.2, 0.25) is 0 Å². The maximum absolute atomic E-state index is 13.3. The van der Waals surface area contributed by atoms with E-state index < -0.39 is 6.04 Å². The molecule has 152 valence electrons. The number of ether oxygens (including phenoxy) is 2. The smallest absolute Gasteiger partial charge is 0.319 e. The standard InChI is InChI=1S/C22H25N3O4/c1-12-9-10-13(2)16(11-12)24-21(26)18-14(3)23-22(27)25-19(18)15-7-6-8-17(28-4)20(15)29-5/h6-11,19H,1-5H3,(H,24,26)(H2,23,25,27). The zero-order chi connectivity index (χ0) is 21.1. The molecular formula is C22H25N3O4. The molecular weight excluding hydrogens is 370 g/mol. The molecule has 0 fully saturated rings. The van der Waals surface area contributed by atoms with Gasteiger partial charge in [0.1, 0.15) is 0 Å². The van der Waals surface area contributed by atoms with Crippen LogP contribution in [0.3, 0.4) is 0 Å². The van der Waals surface area contributed by atoms with Crippen molar-refractivity contribution in [1.82, 2.24) is 10.6 Å². The van der Waals surface area contributed by atoms with E-state index in [4.69, 9.17) is 9.47 Å². The minimum absolute atomic E-state index is 0.307. The minimum Gasteiger partial charge on any atom is -0.493 e. The van der Waals surface area contributed by atoms with Crippen molar-refractivity contribution in [1.29, 1.82) is 0 Å². The highest BCUT2D eigenvalue weighted by molar-refractivity contribution is 6.07. The van der Waals surface area contributed by atoms with Crippen molar-refractivity contribution in [2.75, 3.05) is 19.5 Å². The topological polar surface area (TPSA) is 88.7 Å². The lowest BCUT2D eigenvalue weighted by atomic mass is 9.93. The quantitative estimate of drug-likeness (QED) is 0.722. The fourth-order valence-electron chi connectivity index (χ4n) is 3.43. The molecule has 3 rings (SSSR count). The normalized spacial score (nSPS) is 16.0. The molecule has 1 unspecified atom stereocenters. The number of urea groups is 1. The Bertz CT molecular complexity index is 998. The zero-order valence-electron chi connectivity index (χ0n) is 17.2. The summed E-state index contributed by atoms with van der Waals surface area (Å²) in [6.45, 7) is 5.60. The molecule has 7 nitrogen and oxygen atoms in total. The molecule has 7 heteroatoms. The van der Waals surface area contributed by atoms with Gasteiger partial charge in [-0.1, -0.05) is 24.3 Å². The van der Waals surface area contributed by atoms with E-state index in [1.807, 2.05) is 32.0 Å². The van der Waals surface area contributed by atoms with Gasteiger partial charge in [0.05, 0.1) is 25.8 Å². The number of anilines is 1. The summed E-state index contributed by atoms with van der Waals surface area (Å²) in [6.07, 6.45) is 0. The molecule has 29 heavy (non-hydrogen) atoms. The number of nitrogens with one attached hydrogen (secondary N) is 3. The molecule has 1 aliphatic rings. The van der Waals surface area contributed by atoms with E-state index in [-0.39, 0.29) is 11.9 Å². The molecule has 0 saturated carbocycles. The van der Waals surface area contributed by atoms with E-state index in [1.165, 1.54) is 14.2 Å². The van der Waals surface area contributed by atoms with E-state index in [0.717, 1.165) is 16.8 Å². The van der Waals surface area contributed by atoms with Gasteiger partial charge in [-0.25, -0.2) is 4.79 Å². The third-order valence-corrected chi connectivity index (χ3v) is 4.90. The van der Waals surface area contributed by atoms with Crippen LogP contribution in [0.25, 0.3) is 0 Å². The molecule has 0 bridgehead atoms. The lowest BCUT2D eigenvalue weighted by molar-refractivity contribution is -0.113. The van der Waals surface area contributed by atoms with E-state index in [2.05, 4.69) is 16.0 Å². The molecule has 0 aliphatic carbocycles. The Hall–Kier alpha value is -3.48. The van der Waals surface area contributed by atoms with Crippen molar-refractivity contribution in [3.05, 3.63) is 64.4 Å². The average molecular weight is 395 g/mol. The van der Waals surface area contributed by atoms with Gasteiger partial charge in [0, 0.05) is 16.9 Å². The average Bonchev–Trinajstić information content (AvgIpc) is 2.69. The summed E-state index contributed by atoms with van der Waals surface area (Å²) in [7, 11) is 3.06. The van der Waals surface area contributed by atoms with Crippen LogP contribution in [0.15, 0.2) is 47.7 Å². The second-order valence-corrected chi connectivity index (χ2v) is 6.93. The summed E-state index contributed by atoms with van der Waals surface area (Å²) >= 11 is 0. The lowest BCUT2D eigenvalue weighted by Crippen LogP contribution is -2.46. The number of para-hydroxylation sites is 1. The van der Waals surface area contributed by atoms with Gasteiger partial charge in [0.25, 0.3) is 5.91 Å². The summed E-state index contributed by atoms with van der Waals surface area (Å²) in [5, 5.41) is 8.48. The third kappa shape index (κ3) is 4.03. The molecule has 1 atom stereocenters. The van der Waals surface area contributed by atoms with Gasteiger partial charge in [0.15, 0.2) is 11.5 Å². The summed E-state index contributed by atoms with van der Waals surface area (Å²) in [6, 6.07) is 10.1. The fraction of sp³-hybridized carbons (Fsp3) is 0.273. The molecule has 0 spiro atoms. The molecule has 0 aromatic heterocycles. The number of amides is 3. The lowest BCUT2D eigenvalue weighted by Gasteiger charge is -2.30. The van der Waals surface area contributed by atoms with Gasteiger partial charge in [-0.2, -0.15) is 0 Å². The fourth-order valence-corrected chi connectivity index (χ4v) is 3.43. The maximum Gasteiger partial charge on any atom is 0.319 e. The molecule has 3 amide bonds. The van der Waals surface area contributed by atoms with Crippen molar-refractivity contribution >= 4 is 17.6 Å². The molecule has 2 aromatic rings. The first-order chi connectivity index (χ1) is 13.8. The Kier molecular flexibility index (Phi) is 5.77. The first-order valence-corrected chi connectivity index (χ1v) is 9.23. The number of methoxy groups -OCH3 is 2. The molecule has 1 heterocycles. The summed E-state index contributed by atoms with van der Waals surface area (Å²) in [5.74, 6) is 0.676. The molecule has 3 N–H and O–H groups in total. The van der Waals surface area contributed by atoms with Crippen LogP contribution in [-0.4, -0.2) is 26.2 Å². The highest BCUT2D eigenvalue weighted by atomic mass is 16.5. The predicted octanol–water partition coefficient (Wildman–Crippen LogP) is 3.59. The van der Waals surface area contributed by atoms with Gasteiger partial charge < -0.3 is 25.4 Å². The van der Waals surface area contributed by atoms with Crippen LogP contribution >= 0.6 is 0 Å². The molecule has 0 radical (unpaired) electrons. The van der Waals surface area contributed by atoms with Crippen molar-refractivity contribution in [2.45, 2.75) is 26.8 Å². The number of benzene rings is 2. The Labute approximate surface area is 170 Å². The van der Waals surface area contributed by atoms with Gasteiger partial charge >= 0.3 is 6.03 Å². The van der Waals surface area contributed by atoms with Crippen molar-refractivity contribution in [3.8, 4) is 11.5 Å². The Morgan fingerprint density at radius 1 is 1.07 bits per heavy atom.